The Morgan fingerprint density at radius 1 is 0.647 bits per heavy atom. The third-order valence-electron chi connectivity index (χ3n) is 13.5. The SMILES string of the molecule is CCOC(=O)CCN(C)C(=O)c1ccc(NC(c2sc3cccnc3c2C)C2CCCCC2)cc1.Cc1c(C(Nc2ccc(C(=O)N(C)CCC(=O)O)cc2)C2CCCCC2)sc2cccnc12. The lowest BCUT2D eigenvalue weighted by molar-refractivity contribution is -0.143. The minimum absolute atomic E-state index is 0.0612. The van der Waals surface area contributed by atoms with E-state index in [-0.39, 0.29) is 49.3 Å². The fraction of sp³-hybridized carbons (Fsp3) is 0.444. The predicted octanol–water partition coefficient (Wildman–Crippen LogP) is 12.2. The van der Waals surface area contributed by atoms with Gasteiger partial charge in [-0.1, -0.05) is 38.5 Å². The van der Waals surface area contributed by atoms with E-state index in [0.717, 1.165) is 22.4 Å². The van der Waals surface area contributed by atoms with E-state index in [1.807, 2.05) is 95.7 Å². The lowest BCUT2D eigenvalue weighted by Crippen LogP contribution is -2.29. The number of hydrogen-bond donors (Lipinski definition) is 3. The molecule has 2 fully saturated rings. The number of carbonyl (C=O) groups is 4. The second kappa shape index (κ2) is 23.9. The number of pyridine rings is 2. The Labute approximate surface area is 408 Å². The van der Waals surface area contributed by atoms with E-state index in [4.69, 9.17) is 9.84 Å². The number of fused-ring (bicyclic) bond motifs is 2. The van der Waals surface area contributed by atoms with Crippen molar-refractivity contribution in [2.24, 2.45) is 11.8 Å². The predicted molar refractivity (Wildman–Crippen MR) is 275 cm³/mol. The van der Waals surface area contributed by atoms with Crippen molar-refractivity contribution in [2.45, 2.75) is 110 Å². The standard InChI is InChI=1S/C28H35N3O3S.C26H31N3O3S/c1-4-34-24(32)16-18-31(3)28(33)21-12-14-22(15-13-21)30-26(20-9-6-5-7-10-20)27-19(2)25-23(35-27)11-8-17-29-25;1-17-23-21(9-6-15-27-23)33-25(17)24(18-7-4-3-5-8-18)28-20-12-10-19(11-13-20)26(32)29(2)16-14-22(30)31/h8,11-15,17,20,26,30H,4-7,9-10,16,18H2,1-3H3;6,9-13,15,18,24,28H,3-5,7-8,14,16H2,1-2H3,(H,30,31). The number of benzene rings is 2. The molecule has 2 amide bonds. The zero-order valence-corrected chi connectivity index (χ0v) is 41.7. The summed E-state index contributed by atoms with van der Waals surface area (Å²) in [5.41, 5.74) is 7.88. The van der Waals surface area contributed by atoms with Crippen LogP contribution in [0.5, 0.6) is 0 Å². The summed E-state index contributed by atoms with van der Waals surface area (Å²) in [5, 5.41) is 16.4. The molecule has 2 aliphatic carbocycles. The summed E-state index contributed by atoms with van der Waals surface area (Å²) in [6.45, 7) is 7.02. The molecule has 6 aromatic rings. The van der Waals surface area contributed by atoms with Crippen molar-refractivity contribution < 1.29 is 29.0 Å². The Morgan fingerprint density at radius 3 is 1.44 bits per heavy atom. The maximum Gasteiger partial charge on any atom is 0.307 e. The van der Waals surface area contributed by atoms with E-state index in [2.05, 4.69) is 46.6 Å². The number of ether oxygens (including phenoxy) is 1. The molecule has 14 heteroatoms. The second-order valence-electron chi connectivity index (χ2n) is 18.2. The molecule has 3 N–H and O–H groups in total. The lowest BCUT2D eigenvalue weighted by atomic mass is 9.82. The average molecular weight is 959 g/mol. The highest BCUT2D eigenvalue weighted by molar-refractivity contribution is 7.19. The summed E-state index contributed by atoms with van der Waals surface area (Å²) in [6, 6.07) is 24.0. The van der Waals surface area contributed by atoms with Crippen LogP contribution in [0.2, 0.25) is 0 Å². The van der Waals surface area contributed by atoms with Gasteiger partial charge in [-0.25, -0.2) is 0 Å². The molecule has 2 saturated carbocycles. The molecule has 0 spiro atoms. The first-order valence-electron chi connectivity index (χ1n) is 24.2. The van der Waals surface area contributed by atoms with E-state index in [1.54, 1.807) is 25.9 Å². The molecule has 2 aromatic carbocycles. The normalized spacial score (nSPS) is 15.2. The van der Waals surface area contributed by atoms with E-state index in [1.165, 1.54) is 99.4 Å². The largest absolute Gasteiger partial charge is 0.481 e. The topological polar surface area (TPSA) is 154 Å². The van der Waals surface area contributed by atoms with Crippen molar-refractivity contribution in [1.29, 1.82) is 0 Å². The van der Waals surface area contributed by atoms with E-state index in [0.29, 0.717) is 36.1 Å². The van der Waals surface area contributed by atoms with Gasteiger partial charge in [0.25, 0.3) is 11.8 Å². The number of aromatic nitrogens is 2. The summed E-state index contributed by atoms with van der Waals surface area (Å²) in [6.07, 6.45) is 16.4. The Bertz CT molecular complexity index is 2630. The van der Waals surface area contributed by atoms with E-state index in [9.17, 15) is 19.2 Å². The van der Waals surface area contributed by atoms with Gasteiger partial charge >= 0.3 is 11.9 Å². The van der Waals surface area contributed by atoms with Crippen LogP contribution in [-0.4, -0.2) is 82.4 Å². The number of thiophene rings is 2. The van der Waals surface area contributed by atoms with Crippen LogP contribution >= 0.6 is 22.7 Å². The van der Waals surface area contributed by atoms with Crippen LogP contribution in [0.1, 0.15) is 138 Å². The summed E-state index contributed by atoms with van der Waals surface area (Å²) in [7, 11) is 3.35. The summed E-state index contributed by atoms with van der Waals surface area (Å²) >= 11 is 3.68. The highest BCUT2D eigenvalue weighted by Crippen LogP contribution is 2.44. The molecule has 2 aliphatic rings. The smallest absolute Gasteiger partial charge is 0.307 e. The number of anilines is 2. The molecule has 68 heavy (non-hydrogen) atoms. The van der Waals surface area contributed by atoms with Crippen molar-refractivity contribution in [1.82, 2.24) is 19.8 Å². The zero-order chi connectivity index (χ0) is 48.2. The number of esters is 1. The van der Waals surface area contributed by atoms with Gasteiger partial charge in [0, 0.05) is 71.8 Å². The highest BCUT2D eigenvalue weighted by atomic mass is 32.1. The van der Waals surface area contributed by atoms with Gasteiger partial charge in [-0.3, -0.25) is 29.1 Å². The van der Waals surface area contributed by atoms with Crippen LogP contribution in [0.25, 0.3) is 20.4 Å². The molecule has 0 aliphatic heterocycles. The number of carboxylic acid groups (broad SMARTS) is 1. The first kappa shape index (κ1) is 50.0. The molecule has 4 heterocycles. The van der Waals surface area contributed by atoms with Crippen LogP contribution in [0.4, 0.5) is 11.4 Å². The monoisotopic (exact) mass is 958 g/mol. The molecule has 360 valence electrons. The molecule has 4 aromatic heterocycles. The van der Waals surface area contributed by atoms with Crippen molar-refractivity contribution in [3.8, 4) is 0 Å². The highest BCUT2D eigenvalue weighted by Gasteiger charge is 2.30. The number of rotatable bonds is 17. The molecule has 0 saturated heterocycles. The molecule has 2 unspecified atom stereocenters. The number of amides is 2. The number of carboxylic acids is 1. The second-order valence-corrected chi connectivity index (χ2v) is 20.4. The van der Waals surface area contributed by atoms with Crippen molar-refractivity contribution in [2.75, 3.05) is 44.4 Å². The average Bonchev–Trinajstić information content (AvgIpc) is 3.89. The number of carbonyl (C=O) groups excluding carboxylic acids is 3. The minimum atomic E-state index is -0.908. The van der Waals surface area contributed by atoms with E-state index >= 15 is 0 Å². The fourth-order valence-electron chi connectivity index (χ4n) is 9.63. The minimum Gasteiger partial charge on any atom is -0.481 e. The summed E-state index contributed by atoms with van der Waals surface area (Å²) in [5.74, 6) is -0.323. The zero-order valence-electron chi connectivity index (χ0n) is 40.1. The van der Waals surface area contributed by atoms with Crippen LogP contribution in [0.3, 0.4) is 0 Å². The molecule has 2 atom stereocenters. The van der Waals surface area contributed by atoms with Gasteiger partial charge in [0.15, 0.2) is 0 Å². The first-order valence-corrected chi connectivity index (χ1v) is 25.8. The van der Waals surface area contributed by atoms with Crippen molar-refractivity contribution >= 4 is 78.2 Å². The first-order chi connectivity index (χ1) is 32.9. The lowest BCUT2D eigenvalue weighted by Gasteiger charge is -2.31. The number of aryl methyl sites for hydroxylation is 2. The molecule has 0 bridgehead atoms. The van der Waals surface area contributed by atoms with Crippen molar-refractivity contribution in [3.63, 3.8) is 0 Å². The van der Waals surface area contributed by atoms with Crippen LogP contribution in [0.15, 0.2) is 85.2 Å². The maximum absolute atomic E-state index is 12.8. The molecular formula is C54H66N6O6S2. The Kier molecular flexibility index (Phi) is 17.6. The number of aliphatic carboxylic acids is 1. The number of nitrogens with one attached hydrogen (secondary N) is 2. The molecular weight excluding hydrogens is 893 g/mol. The molecule has 12 nitrogen and oxygen atoms in total. The number of hydrogen-bond acceptors (Lipinski definition) is 11. The van der Waals surface area contributed by atoms with Gasteiger partial charge < -0.3 is 30.3 Å². The third kappa shape index (κ3) is 12.6. The maximum atomic E-state index is 12.8. The van der Waals surface area contributed by atoms with Crippen molar-refractivity contribution in [3.05, 3.63) is 117 Å². The van der Waals surface area contributed by atoms with Gasteiger partial charge in [-0.2, -0.15) is 0 Å². The molecule has 8 rings (SSSR count). The van der Waals surface area contributed by atoms with Gasteiger partial charge in [-0.15, -0.1) is 22.7 Å². The van der Waals surface area contributed by atoms with Gasteiger partial charge in [0.2, 0.25) is 0 Å². The summed E-state index contributed by atoms with van der Waals surface area (Å²) < 4.78 is 7.41. The Balaban J connectivity index is 0.000000202. The van der Waals surface area contributed by atoms with Crippen LogP contribution in [-0.2, 0) is 14.3 Å². The van der Waals surface area contributed by atoms with Gasteiger partial charge in [0.05, 0.1) is 52.0 Å². The number of nitrogens with zero attached hydrogens (tertiary/aromatic N) is 4. The third-order valence-corrected chi connectivity index (χ3v) is 16.1. The molecule has 0 radical (unpaired) electrons. The fourth-order valence-corrected chi connectivity index (χ4v) is 12.3. The quantitative estimate of drug-likeness (QED) is 0.0753. The Hall–Kier alpha value is -5.86. The van der Waals surface area contributed by atoms with Gasteiger partial charge in [0.1, 0.15) is 0 Å². The van der Waals surface area contributed by atoms with E-state index < -0.39 is 5.97 Å². The van der Waals surface area contributed by atoms with Gasteiger partial charge in [-0.05, 0) is 142 Å². The summed E-state index contributed by atoms with van der Waals surface area (Å²) in [4.78, 5) is 62.8. The van der Waals surface area contributed by atoms with Crippen LogP contribution < -0.4 is 10.6 Å². The van der Waals surface area contributed by atoms with Crippen LogP contribution in [0, 0.1) is 25.7 Å². The Morgan fingerprint density at radius 2 is 1.06 bits per heavy atom.